The molecule has 4 rings (SSSR count). The van der Waals surface area contributed by atoms with Crippen molar-refractivity contribution >= 4 is 23.5 Å². The van der Waals surface area contributed by atoms with Crippen LogP contribution in [0.2, 0.25) is 5.02 Å². The molecule has 0 saturated carbocycles. The number of carbonyl (C=O) groups excluding carboxylic acids is 1. The highest BCUT2D eigenvalue weighted by molar-refractivity contribution is 6.30. The molecule has 0 aromatic heterocycles. The second-order valence-electron chi connectivity index (χ2n) is 7.09. The van der Waals surface area contributed by atoms with Gasteiger partial charge in [-0.25, -0.2) is 13.8 Å². The Bertz CT molecular complexity index is 993. The number of nitrogens with zero attached hydrogens (tertiary/aromatic N) is 1. The third-order valence-electron chi connectivity index (χ3n) is 5.61. The zero-order chi connectivity index (χ0) is 20.1. The fourth-order valence-electron chi connectivity index (χ4n) is 3.96. The molecular formula is C20H18ClF2N3O2. The van der Waals surface area contributed by atoms with Crippen molar-refractivity contribution < 1.29 is 18.3 Å². The first-order valence-corrected chi connectivity index (χ1v) is 9.12. The molecule has 2 aromatic carbocycles. The molecule has 2 aliphatic heterocycles. The maximum atomic E-state index is 13.9. The third-order valence-corrected chi connectivity index (χ3v) is 5.85. The molecule has 0 saturated heterocycles. The van der Waals surface area contributed by atoms with Crippen LogP contribution in [-0.4, -0.2) is 30.8 Å². The van der Waals surface area contributed by atoms with Gasteiger partial charge in [-0.15, -0.1) is 0 Å². The molecule has 0 bridgehead atoms. The summed E-state index contributed by atoms with van der Waals surface area (Å²) in [6.45, 7) is -0.662. The van der Waals surface area contributed by atoms with E-state index in [1.54, 1.807) is 37.3 Å². The summed E-state index contributed by atoms with van der Waals surface area (Å²) in [6, 6.07) is 12.3. The van der Waals surface area contributed by atoms with E-state index in [-0.39, 0.29) is 11.7 Å². The number of alkyl halides is 2. The average Bonchev–Trinajstić information content (AvgIpc) is 2.99. The molecule has 28 heavy (non-hydrogen) atoms. The lowest BCUT2D eigenvalue weighted by atomic mass is 9.68. The van der Waals surface area contributed by atoms with Gasteiger partial charge in [-0.2, -0.15) is 0 Å². The van der Waals surface area contributed by atoms with Crippen molar-refractivity contribution in [1.29, 1.82) is 0 Å². The van der Waals surface area contributed by atoms with Crippen LogP contribution in [0.5, 0.6) is 5.75 Å². The zero-order valence-corrected chi connectivity index (χ0v) is 15.8. The number of amides is 1. The number of ether oxygens (including phenoxy) is 1. The number of fused-ring (bicyclic) bond motifs is 2. The Balaban J connectivity index is 1.96. The van der Waals surface area contributed by atoms with E-state index in [1.807, 2.05) is 12.1 Å². The van der Waals surface area contributed by atoms with Gasteiger partial charge in [0.25, 0.3) is 5.91 Å². The van der Waals surface area contributed by atoms with Crippen molar-refractivity contribution in [3.63, 3.8) is 0 Å². The highest BCUT2D eigenvalue weighted by Gasteiger charge is 2.62. The molecule has 0 aliphatic carbocycles. The van der Waals surface area contributed by atoms with Gasteiger partial charge in [0.1, 0.15) is 19.1 Å². The first-order valence-electron chi connectivity index (χ1n) is 8.74. The van der Waals surface area contributed by atoms with Gasteiger partial charge in [0.2, 0.25) is 0 Å². The molecule has 3 N–H and O–H groups in total. The Morgan fingerprint density at radius 2 is 1.93 bits per heavy atom. The van der Waals surface area contributed by atoms with Crippen LogP contribution in [0.3, 0.4) is 0 Å². The van der Waals surface area contributed by atoms with E-state index in [0.29, 0.717) is 10.6 Å². The molecule has 1 amide bonds. The Kier molecular flexibility index (Phi) is 4.30. The molecule has 2 heterocycles. The fraction of sp³-hybridized carbons (Fsp3) is 0.300. The standard InChI is InChI=1S/C20H18ClF2N3O2/c1-11-19(9-22,10-23)28-16-6-5-13(12-3-2-4-14(21)7-12)8-15(16)20(11)17(27)25-18(24)26-20/h2-8,11H,9-10H2,1H3,(H3,24,25,26,27). The number of nitrogens with one attached hydrogen (secondary N) is 1. The zero-order valence-electron chi connectivity index (χ0n) is 15.0. The van der Waals surface area contributed by atoms with E-state index >= 15 is 0 Å². The largest absolute Gasteiger partial charge is 0.481 e. The number of hydrogen-bond donors (Lipinski definition) is 2. The molecule has 1 spiro atoms. The first-order chi connectivity index (χ1) is 13.4. The Hall–Kier alpha value is -2.67. The van der Waals surface area contributed by atoms with Gasteiger partial charge in [-0.1, -0.05) is 36.7 Å². The predicted octanol–water partition coefficient (Wildman–Crippen LogP) is 3.35. The summed E-state index contributed by atoms with van der Waals surface area (Å²) in [7, 11) is 0. The van der Waals surface area contributed by atoms with Gasteiger partial charge < -0.3 is 10.5 Å². The second-order valence-corrected chi connectivity index (χ2v) is 7.53. The topological polar surface area (TPSA) is 76.7 Å². The Morgan fingerprint density at radius 1 is 1.21 bits per heavy atom. The first kappa shape index (κ1) is 18.7. The lowest BCUT2D eigenvalue weighted by Gasteiger charge is -2.47. The summed E-state index contributed by atoms with van der Waals surface area (Å²) in [6.07, 6.45) is 0. The van der Waals surface area contributed by atoms with Crippen molar-refractivity contribution in [2.45, 2.75) is 18.1 Å². The second kappa shape index (κ2) is 6.44. The highest BCUT2D eigenvalue weighted by Crippen LogP contribution is 2.52. The monoisotopic (exact) mass is 405 g/mol. The average molecular weight is 406 g/mol. The molecular weight excluding hydrogens is 388 g/mol. The summed E-state index contributed by atoms with van der Waals surface area (Å²) >= 11 is 6.09. The van der Waals surface area contributed by atoms with Crippen LogP contribution in [-0.2, 0) is 10.3 Å². The molecule has 2 aliphatic rings. The van der Waals surface area contributed by atoms with Gasteiger partial charge in [0.15, 0.2) is 17.1 Å². The molecule has 0 radical (unpaired) electrons. The summed E-state index contributed by atoms with van der Waals surface area (Å²) in [5.41, 5.74) is 4.35. The van der Waals surface area contributed by atoms with Crippen molar-refractivity contribution in [3.05, 3.63) is 53.1 Å². The lowest BCUT2D eigenvalue weighted by molar-refractivity contribution is -0.135. The van der Waals surface area contributed by atoms with Gasteiger partial charge in [-0.3, -0.25) is 10.1 Å². The van der Waals surface area contributed by atoms with Gasteiger partial charge in [-0.05, 0) is 35.4 Å². The van der Waals surface area contributed by atoms with Crippen LogP contribution in [0, 0.1) is 5.92 Å². The quantitative estimate of drug-likeness (QED) is 0.822. The molecule has 8 heteroatoms. The SMILES string of the molecule is CC1C(CF)(CF)Oc2ccc(-c3cccc(Cl)c3)cc2C12N=C(N)NC2=O. The molecule has 5 nitrogen and oxygen atoms in total. The van der Waals surface area contributed by atoms with E-state index in [9.17, 15) is 13.6 Å². The maximum Gasteiger partial charge on any atom is 0.259 e. The Morgan fingerprint density at radius 3 is 2.54 bits per heavy atom. The normalized spacial score (nSPS) is 25.1. The highest BCUT2D eigenvalue weighted by atomic mass is 35.5. The van der Waals surface area contributed by atoms with Crippen molar-refractivity contribution in [2.24, 2.45) is 16.6 Å². The molecule has 0 fully saturated rings. The number of nitrogens with two attached hydrogens (primary N) is 1. The number of halogens is 3. The molecule has 2 unspecified atom stereocenters. The summed E-state index contributed by atoms with van der Waals surface area (Å²) in [4.78, 5) is 17.2. The fourth-order valence-corrected chi connectivity index (χ4v) is 4.15. The van der Waals surface area contributed by atoms with Crippen LogP contribution >= 0.6 is 11.6 Å². The number of benzene rings is 2. The van der Waals surface area contributed by atoms with Crippen LogP contribution in [0.25, 0.3) is 11.1 Å². The minimum atomic E-state index is -1.82. The molecule has 2 atom stereocenters. The van der Waals surface area contributed by atoms with Crippen LogP contribution in [0.1, 0.15) is 12.5 Å². The number of aliphatic imine (C=N–C) groups is 1. The van der Waals surface area contributed by atoms with Crippen LogP contribution in [0.4, 0.5) is 8.78 Å². The number of rotatable bonds is 3. The summed E-state index contributed by atoms with van der Waals surface area (Å²) < 4.78 is 33.6. The van der Waals surface area contributed by atoms with E-state index in [1.165, 1.54) is 0 Å². The van der Waals surface area contributed by atoms with Crippen molar-refractivity contribution in [1.82, 2.24) is 5.32 Å². The number of guanidine groups is 1. The molecule has 2 aromatic rings. The third kappa shape index (κ3) is 2.49. The van der Waals surface area contributed by atoms with Gasteiger partial charge in [0, 0.05) is 16.5 Å². The van der Waals surface area contributed by atoms with Crippen molar-refractivity contribution in [2.75, 3.05) is 13.3 Å². The van der Waals surface area contributed by atoms with E-state index in [4.69, 9.17) is 22.1 Å². The Labute approximate surface area is 165 Å². The van der Waals surface area contributed by atoms with E-state index in [0.717, 1.165) is 11.1 Å². The van der Waals surface area contributed by atoms with E-state index in [2.05, 4.69) is 10.3 Å². The maximum absolute atomic E-state index is 13.9. The minimum absolute atomic E-state index is 0.0931. The van der Waals surface area contributed by atoms with E-state index < -0.39 is 36.3 Å². The predicted molar refractivity (Wildman–Crippen MR) is 103 cm³/mol. The minimum Gasteiger partial charge on any atom is -0.481 e. The van der Waals surface area contributed by atoms with Gasteiger partial charge in [0.05, 0.1) is 0 Å². The molecule has 146 valence electrons. The lowest BCUT2D eigenvalue weighted by Crippen LogP contribution is -2.60. The van der Waals surface area contributed by atoms with Crippen LogP contribution in [0.15, 0.2) is 47.5 Å². The van der Waals surface area contributed by atoms with Crippen molar-refractivity contribution in [3.8, 4) is 16.9 Å². The summed E-state index contributed by atoms with van der Waals surface area (Å²) in [5, 5.41) is 3.03. The number of hydrogen-bond acceptors (Lipinski definition) is 4. The smallest absolute Gasteiger partial charge is 0.259 e. The van der Waals surface area contributed by atoms with Gasteiger partial charge >= 0.3 is 0 Å². The van der Waals surface area contributed by atoms with Crippen LogP contribution < -0.4 is 15.8 Å². The number of carbonyl (C=O) groups is 1. The summed E-state index contributed by atoms with van der Waals surface area (Å²) in [5.74, 6) is -1.35.